The van der Waals surface area contributed by atoms with Gasteiger partial charge in [0, 0.05) is 24.0 Å². The minimum atomic E-state index is -0.0877. The predicted molar refractivity (Wildman–Crippen MR) is 192 cm³/mol. The third kappa shape index (κ3) is 8.35. The van der Waals surface area contributed by atoms with E-state index in [0.29, 0.717) is 0 Å². The number of hydrogen-bond donors (Lipinski definition) is 0. The van der Waals surface area contributed by atoms with Crippen molar-refractivity contribution in [2.24, 2.45) is 10.8 Å². The molecule has 0 aliphatic heterocycles. The first-order valence-corrected chi connectivity index (χ1v) is 16.5. The summed E-state index contributed by atoms with van der Waals surface area (Å²) in [6.07, 6.45) is 19.7. The highest BCUT2D eigenvalue weighted by atomic mass is 32.2. The van der Waals surface area contributed by atoms with E-state index >= 15 is 0 Å². The first-order chi connectivity index (χ1) is 20.4. The Morgan fingerprint density at radius 1 is 0.837 bits per heavy atom. The quantitative estimate of drug-likeness (QED) is 0.311. The van der Waals surface area contributed by atoms with E-state index in [1.165, 1.54) is 28.0 Å². The van der Waals surface area contributed by atoms with Crippen molar-refractivity contribution in [2.45, 2.75) is 96.4 Å². The van der Waals surface area contributed by atoms with Gasteiger partial charge in [0.15, 0.2) is 0 Å². The van der Waals surface area contributed by atoms with E-state index in [0.717, 1.165) is 33.2 Å². The van der Waals surface area contributed by atoms with Crippen LogP contribution in [0.25, 0.3) is 11.3 Å². The molecule has 0 radical (unpaired) electrons. The fourth-order valence-electron chi connectivity index (χ4n) is 5.38. The summed E-state index contributed by atoms with van der Waals surface area (Å²) in [5.41, 5.74) is 18.7. The molecule has 1 atom stereocenters. The van der Waals surface area contributed by atoms with Crippen molar-refractivity contribution < 1.29 is 0 Å². The summed E-state index contributed by atoms with van der Waals surface area (Å²) in [4.78, 5) is 6.98. The molecule has 1 heterocycles. The van der Waals surface area contributed by atoms with Crippen LogP contribution in [0.1, 0.15) is 98.2 Å². The summed E-state index contributed by atoms with van der Waals surface area (Å²) in [7, 11) is 0. The molecule has 1 unspecified atom stereocenters. The van der Waals surface area contributed by atoms with Crippen LogP contribution < -0.4 is 0 Å². The normalized spacial score (nSPS) is 16.8. The molecule has 0 N–H and O–H groups in total. The standard InChI is InChI=1S/C36H40N2S.2C2H6/c1-10-36(9,35(6,7)8)32-20-18-30(39-29-15-11-13-25(2)14-12-16-29)17-19-31(32)34-37-21-22-38(34)33-27(4)23-26(3)24-28(33)5;2*1-2/h11,13-14,16,18-24H,10H2,1-9H3;2*1-2H3/b25-13-;;. The second kappa shape index (κ2) is 15.9. The maximum atomic E-state index is 4.95. The van der Waals surface area contributed by atoms with E-state index in [9.17, 15) is 0 Å². The van der Waals surface area contributed by atoms with E-state index in [4.69, 9.17) is 4.98 Å². The summed E-state index contributed by atoms with van der Waals surface area (Å²) in [5, 5.41) is 0. The maximum absolute atomic E-state index is 4.95. The number of aromatic nitrogens is 2. The molecule has 1 aromatic heterocycles. The molecule has 2 aliphatic rings. The lowest BCUT2D eigenvalue weighted by Crippen LogP contribution is -2.34. The number of benzene rings is 1. The maximum Gasteiger partial charge on any atom is 0.145 e. The highest BCUT2D eigenvalue weighted by molar-refractivity contribution is 8.07. The van der Waals surface area contributed by atoms with Gasteiger partial charge in [-0.1, -0.05) is 104 Å². The predicted octanol–water partition coefficient (Wildman–Crippen LogP) is 12.1. The average Bonchev–Trinajstić information content (AvgIpc) is 3.32. The Balaban J connectivity index is 0.00000155. The molecule has 0 bridgehead atoms. The first kappa shape index (κ1) is 35.8. The van der Waals surface area contributed by atoms with Gasteiger partial charge in [0.25, 0.3) is 0 Å². The van der Waals surface area contributed by atoms with Gasteiger partial charge in [-0.15, -0.1) is 17.2 Å². The largest absolute Gasteiger partial charge is 0.299 e. The zero-order valence-corrected chi connectivity index (χ0v) is 29.7. The van der Waals surface area contributed by atoms with Crippen LogP contribution >= 0.6 is 11.8 Å². The van der Waals surface area contributed by atoms with Gasteiger partial charge in [-0.25, -0.2) is 4.98 Å². The summed E-state index contributed by atoms with van der Waals surface area (Å²) < 4.78 is 2.25. The number of imidazole rings is 1. The highest BCUT2D eigenvalue weighted by Gasteiger charge is 2.40. The zero-order chi connectivity index (χ0) is 32.4. The molecule has 0 saturated heterocycles. The monoisotopic (exact) mass is 592 g/mol. The van der Waals surface area contributed by atoms with Gasteiger partial charge in [0.1, 0.15) is 5.82 Å². The Bertz CT molecular complexity index is 1570. The van der Waals surface area contributed by atoms with E-state index < -0.39 is 0 Å². The second-order valence-corrected chi connectivity index (χ2v) is 12.8. The van der Waals surface area contributed by atoms with Crippen molar-refractivity contribution in [3.63, 3.8) is 0 Å². The molecule has 4 rings (SSSR count). The Morgan fingerprint density at radius 3 is 2.09 bits per heavy atom. The van der Waals surface area contributed by atoms with Crippen LogP contribution in [0.4, 0.5) is 0 Å². The minimum absolute atomic E-state index is 0.0355. The SMILES string of the molecule is CC.CC.CCC(C)(C1=C(c2nccn2-c2c(C)cc(C)cc2C)C=C=C(SC2=C=C/C=C(/C)C=C=C2)C=C1)C(C)(C)C. The fraction of sp³-hybridized carbons (Fsp3) is 0.400. The molecule has 0 saturated carbocycles. The second-order valence-electron chi connectivity index (χ2n) is 11.8. The van der Waals surface area contributed by atoms with E-state index in [1.54, 1.807) is 11.8 Å². The lowest BCUT2D eigenvalue weighted by atomic mass is 9.61. The third-order valence-electron chi connectivity index (χ3n) is 8.08. The minimum Gasteiger partial charge on any atom is -0.299 e. The molecular weight excluding hydrogens is 541 g/mol. The molecule has 1 aromatic carbocycles. The van der Waals surface area contributed by atoms with Gasteiger partial charge < -0.3 is 0 Å². The van der Waals surface area contributed by atoms with Crippen molar-refractivity contribution in [3.8, 4) is 5.69 Å². The van der Waals surface area contributed by atoms with Crippen LogP contribution in [0.5, 0.6) is 0 Å². The topological polar surface area (TPSA) is 17.8 Å². The molecule has 0 spiro atoms. The lowest BCUT2D eigenvalue weighted by Gasteiger charge is -2.43. The molecule has 3 heteroatoms. The number of hydrogen-bond acceptors (Lipinski definition) is 2. The van der Waals surface area contributed by atoms with Crippen LogP contribution in [0.15, 0.2) is 105 Å². The van der Waals surface area contributed by atoms with Crippen LogP contribution in [0.2, 0.25) is 0 Å². The Labute approximate surface area is 266 Å². The number of thioether (sulfide) groups is 1. The number of rotatable bonds is 6. The third-order valence-corrected chi connectivity index (χ3v) is 9.01. The number of aryl methyl sites for hydroxylation is 3. The molecule has 2 aromatic rings. The summed E-state index contributed by atoms with van der Waals surface area (Å²) in [5.74, 6) is 0.945. The van der Waals surface area contributed by atoms with E-state index in [-0.39, 0.29) is 10.8 Å². The summed E-state index contributed by atoms with van der Waals surface area (Å²) in [6, 6.07) is 4.50. The molecular formula is C40H52N2S. The van der Waals surface area contributed by atoms with Gasteiger partial charge in [-0.05, 0) is 91.5 Å². The smallest absolute Gasteiger partial charge is 0.145 e. The van der Waals surface area contributed by atoms with Crippen molar-refractivity contribution >= 4 is 17.3 Å². The first-order valence-electron chi connectivity index (χ1n) is 15.7. The van der Waals surface area contributed by atoms with Crippen molar-refractivity contribution in [1.82, 2.24) is 9.55 Å². The molecule has 0 amide bonds. The van der Waals surface area contributed by atoms with Crippen molar-refractivity contribution in [3.05, 3.63) is 128 Å². The van der Waals surface area contributed by atoms with Crippen molar-refractivity contribution in [1.29, 1.82) is 0 Å². The Morgan fingerprint density at radius 2 is 1.49 bits per heavy atom. The van der Waals surface area contributed by atoms with Gasteiger partial charge >= 0.3 is 0 Å². The summed E-state index contributed by atoms with van der Waals surface area (Å²) in [6.45, 7) is 28.3. The lowest BCUT2D eigenvalue weighted by molar-refractivity contribution is 0.152. The Kier molecular flexibility index (Phi) is 13.2. The van der Waals surface area contributed by atoms with Crippen LogP contribution in [-0.2, 0) is 0 Å². The number of nitrogens with zero attached hydrogens (tertiary/aromatic N) is 2. The highest BCUT2D eigenvalue weighted by Crippen LogP contribution is 2.51. The Hall–Kier alpha value is -3.44. The molecule has 43 heavy (non-hydrogen) atoms. The fourth-order valence-corrected chi connectivity index (χ4v) is 6.12. The average molecular weight is 593 g/mol. The van der Waals surface area contributed by atoms with Gasteiger partial charge in [-0.3, -0.25) is 4.57 Å². The van der Waals surface area contributed by atoms with Crippen molar-refractivity contribution in [2.75, 3.05) is 0 Å². The molecule has 0 fully saturated rings. The van der Waals surface area contributed by atoms with E-state index in [2.05, 4.69) is 127 Å². The molecule has 2 aliphatic carbocycles. The van der Waals surface area contributed by atoms with Gasteiger partial charge in [-0.2, -0.15) is 0 Å². The van der Waals surface area contributed by atoms with Crippen LogP contribution in [-0.4, -0.2) is 9.55 Å². The van der Waals surface area contributed by atoms with E-state index in [1.807, 2.05) is 52.1 Å². The van der Waals surface area contributed by atoms with Gasteiger partial charge in [0.2, 0.25) is 0 Å². The zero-order valence-electron chi connectivity index (χ0n) is 28.9. The molecule has 228 valence electrons. The summed E-state index contributed by atoms with van der Waals surface area (Å²) >= 11 is 1.65. The van der Waals surface area contributed by atoms with Crippen LogP contribution in [0.3, 0.4) is 0 Å². The van der Waals surface area contributed by atoms with Crippen LogP contribution in [0, 0.1) is 31.6 Å². The molecule has 2 nitrogen and oxygen atoms in total. The van der Waals surface area contributed by atoms with Gasteiger partial charge in [0.05, 0.1) is 15.5 Å². The number of allylic oxidation sites excluding steroid dienone is 7.